The summed E-state index contributed by atoms with van der Waals surface area (Å²) in [5.74, 6) is 0.719. The van der Waals surface area contributed by atoms with Gasteiger partial charge in [0.25, 0.3) is 0 Å². The lowest BCUT2D eigenvalue weighted by Crippen LogP contribution is -2.50. The van der Waals surface area contributed by atoms with E-state index in [0.717, 1.165) is 31.2 Å². The molecule has 1 saturated heterocycles. The first kappa shape index (κ1) is 22.2. The Hall–Kier alpha value is -1.53. The number of unbranched alkanes of at least 4 members (excludes halogenated alkanes) is 1. The largest absolute Gasteiger partial charge is 0.464 e. The van der Waals surface area contributed by atoms with Gasteiger partial charge in [-0.1, -0.05) is 62.9 Å². The summed E-state index contributed by atoms with van der Waals surface area (Å²) in [7, 11) is 0. The molecule has 5 nitrogen and oxygen atoms in total. The normalized spacial score (nSPS) is 22.6. The van der Waals surface area contributed by atoms with Crippen LogP contribution in [0.2, 0.25) is 0 Å². The van der Waals surface area contributed by atoms with E-state index in [-0.39, 0.29) is 23.9 Å². The molecule has 3 rings (SSSR count). The van der Waals surface area contributed by atoms with E-state index in [0.29, 0.717) is 24.9 Å². The molecule has 0 unspecified atom stereocenters. The summed E-state index contributed by atoms with van der Waals surface area (Å²) in [6.07, 6.45) is 7.78. The van der Waals surface area contributed by atoms with Gasteiger partial charge in [-0.15, -0.1) is 11.8 Å². The zero-order valence-corrected chi connectivity index (χ0v) is 18.2. The molecule has 1 aromatic carbocycles. The molecule has 1 aromatic rings. The third-order valence-electron chi connectivity index (χ3n) is 5.73. The number of hydrogen-bond acceptors (Lipinski definition) is 5. The highest BCUT2D eigenvalue weighted by Gasteiger charge is 2.45. The number of amides is 1. The van der Waals surface area contributed by atoms with E-state index in [1.807, 2.05) is 30.3 Å². The van der Waals surface area contributed by atoms with Gasteiger partial charge in [0.1, 0.15) is 12.6 Å². The Morgan fingerprint density at radius 1 is 1.14 bits per heavy atom. The maximum absolute atomic E-state index is 13.1. The lowest BCUT2D eigenvalue weighted by atomic mass is 9.88. The Morgan fingerprint density at radius 3 is 2.62 bits per heavy atom. The Bertz CT molecular complexity index is 648. The van der Waals surface area contributed by atoms with Gasteiger partial charge in [-0.05, 0) is 30.7 Å². The van der Waals surface area contributed by atoms with Crippen molar-refractivity contribution in [3.8, 4) is 0 Å². The quantitative estimate of drug-likeness (QED) is 0.439. The van der Waals surface area contributed by atoms with Crippen LogP contribution in [-0.2, 0) is 25.7 Å². The van der Waals surface area contributed by atoms with Crippen molar-refractivity contribution in [1.29, 1.82) is 0 Å². The molecule has 1 aliphatic carbocycles. The number of carbonyl (C=O) groups excluding carboxylic acids is 2. The van der Waals surface area contributed by atoms with Crippen molar-refractivity contribution in [2.24, 2.45) is 5.92 Å². The minimum Gasteiger partial charge on any atom is -0.464 e. The summed E-state index contributed by atoms with van der Waals surface area (Å²) in [5, 5.41) is 0.0619. The number of benzene rings is 1. The minimum atomic E-state index is -0.489. The predicted molar refractivity (Wildman–Crippen MR) is 115 cm³/mol. The van der Waals surface area contributed by atoms with Crippen LogP contribution < -0.4 is 0 Å². The van der Waals surface area contributed by atoms with Crippen molar-refractivity contribution in [2.45, 2.75) is 69.9 Å². The van der Waals surface area contributed by atoms with Crippen LogP contribution in [0.25, 0.3) is 0 Å². The van der Waals surface area contributed by atoms with Gasteiger partial charge in [-0.2, -0.15) is 0 Å². The SMILES string of the molecule is CCCCOC(=O)[C@H]1CS[C@H](C2CCCCC2)N1C(=O)COCc1ccccc1. The second-order valence-corrected chi connectivity index (χ2v) is 9.09. The monoisotopic (exact) mass is 419 g/mol. The summed E-state index contributed by atoms with van der Waals surface area (Å²) in [6, 6.07) is 9.35. The molecule has 2 atom stereocenters. The number of rotatable bonds is 9. The van der Waals surface area contributed by atoms with Gasteiger partial charge in [0.05, 0.1) is 18.6 Å². The van der Waals surface area contributed by atoms with Gasteiger partial charge in [-0.3, -0.25) is 4.79 Å². The highest BCUT2D eigenvalue weighted by molar-refractivity contribution is 8.00. The third kappa shape index (κ3) is 6.22. The van der Waals surface area contributed by atoms with Crippen LogP contribution in [0.15, 0.2) is 30.3 Å². The number of hydrogen-bond donors (Lipinski definition) is 0. The number of carbonyl (C=O) groups is 2. The Balaban J connectivity index is 1.63. The fourth-order valence-corrected chi connectivity index (χ4v) is 5.77. The van der Waals surface area contributed by atoms with E-state index in [1.165, 1.54) is 19.3 Å². The molecule has 0 spiro atoms. The van der Waals surface area contributed by atoms with Gasteiger partial charge in [-0.25, -0.2) is 4.79 Å². The van der Waals surface area contributed by atoms with Gasteiger partial charge in [0.15, 0.2) is 0 Å². The third-order valence-corrected chi connectivity index (χ3v) is 7.19. The molecule has 0 N–H and O–H groups in total. The Labute approximate surface area is 178 Å². The lowest BCUT2D eigenvalue weighted by molar-refractivity contribution is -0.156. The van der Waals surface area contributed by atoms with Crippen LogP contribution >= 0.6 is 11.8 Å². The molecule has 2 aliphatic rings. The fourth-order valence-electron chi connectivity index (χ4n) is 4.13. The molecular weight excluding hydrogens is 386 g/mol. The number of nitrogens with zero attached hydrogens (tertiary/aromatic N) is 1. The van der Waals surface area contributed by atoms with Crippen LogP contribution in [0, 0.1) is 5.92 Å². The van der Waals surface area contributed by atoms with Crippen LogP contribution in [-0.4, -0.2) is 47.2 Å². The van der Waals surface area contributed by atoms with Crippen molar-refractivity contribution < 1.29 is 19.1 Å². The van der Waals surface area contributed by atoms with Crippen molar-refractivity contribution in [2.75, 3.05) is 19.0 Å². The summed E-state index contributed by atoms with van der Waals surface area (Å²) in [5.41, 5.74) is 1.04. The van der Waals surface area contributed by atoms with E-state index in [4.69, 9.17) is 9.47 Å². The van der Waals surface area contributed by atoms with Crippen molar-refractivity contribution in [3.05, 3.63) is 35.9 Å². The molecule has 1 amide bonds. The fraction of sp³-hybridized carbons (Fsp3) is 0.652. The van der Waals surface area contributed by atoms with Crippen molar-refractivity contribution in [1.82, 2.24) is 4.90 Å². The Morgan fingerprint density at radius 2 is 1.90 bits per heavy atom. The highest BCUT2D eigenvalue weighted by atomic mass is 32.2. The lowest BCUT2D eigenvalue weighted by Gasteiger charge is -2.35. The minimum absolute atomic E-state index is 0.00257. The van der Waals surface area contributed by atoms with Gasteiger partial charge in [0, 0.05) is 5.75 Å². The van der Waals surface area contributed by atoms with E-state index in [2.05, 4.69) is 6.92 Å². The summed E-state index contributed by atoms with van der Waals surface area (Å²) in [4.78, 5) is 27.6. The molecule has 160 valence electrons. The maximum atomic E-state index is 13.1. The zero-order chi connectivity index (χ0) is 20.5. The van der Waals surface area contributed by atoms with Crippen LogP contribution in [0.1, 0.15) is 57.4 Å². The average Bonchev–Trinajstić information content (AvgIpc) is 3.20. The zero-order valence-electron chi connectivity index (χ0n) is 17.4. The smallest absolute Gasteiger partial charge is 0.329 e. The van der Waals surface area contributed by atoms with E-state index >= 15 is 0 Å². The van der Waals surface area contributed by atoms with E-state index < -0.39 is 6.04 Å². The summed E-state index contributed by atoms with van der Waals surface area (Å²) in [6.45, 7) is 2.89. The molecule has 0 bridgehead atoms. The van der Waals surface area contributed by atoms with E-state index in [9.17, 15) is 9.59 Å². The molecule has 1 heterocycles. The molecule has 1 aliphatic heterocycles. The topological polar surface area (TPSA) is 55.8 Å². The first-order chi connectivity index (χ1) is 14.2. The molecule has 29 heavy (non-hydrogen) atoms. The summed E-state index contributed by atoms with van der Waals surface area (Å²) >= 11 is 1.74. The van der Waals surface area contributed by atoms with Gasteiger partial charge in [0.2, 0.25) is 5.91 Å². The molecular formula is C23H33NO4S. The molecule has 2 fully saturated rings. The second-order valence-electron chi connectivity index (χ2n) is 7.94. The van der Waals surface area contributed by atoms with Crippen molar-refractivity contribution in [3.63, 3.8) is 0 Å². The molecule has 6 heteroatoms. The first-order valence-corrected chi connectivity index (χ1v) is 12.0. The second kappa shape index (κ2) is 11.6. The van der Waals surface area contributed by atoms with Crippen molar-refractivity contribution >= 4 is 23.6 Å². The number of ether oxygens (including phenoxy) is 2. The standard InChI is InChI=1S/C23H33NO4S/c1-2-3-14-28-23(26)20-17-29-22(19-12-8-5-9-13-19)24(20)21(25)16-27-15-18-10-6-4-7-11-18/h4,6-7,10-11,19-20,22H,2-3,5,8-9,12-17H2,1H3/t20-,22-/m1/s1. The van der Waals surface area contributed by atoms with Crippen LogP contribution in [0.3, 0.4) is 0 Å². The van der Waals surface area contributed by atoms with E-state index in [1.54, 1.807) is 16.7 Å². The van der Waals surface area contributed by atoms with Gasteiger partial charge >= 0.3 is 5.97 Å². The summed E-state index contributed by atoms with van der Waals surface area (Å²) < 4.78 is 11.2. The maximum Gasteiger partial charge on any atom is 0.329 e. The van der Waals surface area contributed by atoms with Gasteiger partial charge < -0.3 is 14.4 Å². The Kier molecular flexibility index (Phi) is 8.87. The average molecular weight is 420 g/mol. The predicted octanol–water partition coefficient (Wildman–Crippen LogP) is 4.40. The molecule has 0 aromatic heterocycles. The number of esters is 1. The van der Waals surface area contributed by atoms with Crippen LogP contribution in [0.5, 0.6) is 0 Å². The molecule has 0 radical (unpaired) electrons. The highest BCUT2D eigenvalue weighted by Crippen LogP contribution is 2.40. The number of thioether (sulfide) groups is 1. The first-order valence-electron chi connectivity index (χ1n) is 10.9. The van der Waals surface area contributed by atoms with Crippen LogP contribution in [0.4, 0.5) is 0 Å². The molecule has 1 saturated carbocycles.